The number of benzene rings is 1. The Morgan fingerprint density at radius 2 is 2.00 bits per heavy atom. The third kappa shape index (κ3) is 1.56. The first-order valence-corrected chi connectivity index (χ1v) is 3.63. The molecule has 0 unspecified atom stereocenters. The molecule has 0 bridgehead atoms. The van der Waals surface area contributed by atoms with Crippen molar-refractivity contribution in [3.05, 3.63) is 17.7 Å². The largest absolute Gasteiger partial charge is 0.502 e. The number of phenols is 1. The predicted molar refractivity (Wildman–Crippen MR) is 46.6 cm³/mol. The van der Waals surface area contributed by atoms with E-state index in [0.29, 0.717) is 11.8 Å². The normalized spacial score (nSPS) is 9.38. The third-order valence-corrected chi connectivity index (χ3v) is 1.68. The summed E-state index contributed by atoms with van der Waals surface area (Å²) in [5.74, 6) is 0.256. The van der Waals surface area contributed by atoms with Crippen molar-refractivity contribution in [3.63, 3.8) is 0 Å². The van der Waals surface area contributed by atoms with Crippen molar-refractivity contribution in [1.29, 1.82) is 0 Å². The molecular weight excluding hydrogens is 172 g/mol. The van der Waals surface area contributed by atoms with Crippen LogP contribution in [0, 0.1) is 0 Å². The van der Waals surface area contributed by atoms with Gasteiger partial charge in [-0.05, 0) is 12.1 Å². The SMILES string of the molecule is COc1ccc(C=O)c(OC)c1O. The number of methoxy groups -OCH3 is 2. The molecule has 0 fully saturated rings. The molecule has 1 aromatic rings. The molecule has 4 nitrogen and oxygen atoms in total. The smallest absolute Gasteiger partial charge is 0.201 e. The maximum atomic E-state index is 10.5. The van der Waals surface area contributed by atoms with Crippen molar-refractivity contribution < 1.29 is 19.4 Å². The van der Waals surface area contributed by atoms with Crippen LogP contribution >= 0.6 is 0 Å². The van der Waals surface area contributed by atoms with E-state index < -0.39 is 0 Å². The summed E-state index contributed by atoms with van der Waals surface area (Å²) < 4.78 is 9.69. The van der Waals surface area contributed by atoms with Gasteiger partial charge in [-0.25, -0.2) is 0 Å². The molecule has 0 atom stereocenters. The zero-order valence-electron chi connectivity index (χ0n) is 7.40. The fourth-order valence-electron chi connectivity index (χ4n) is 1.04. The van der Waals surface area contributed by atoms with Crippen LogP contribution in [0.25, 0.3) is 0 Å². The number of hydrogen-bond donors (Lipinski definition) is 1. The molecule has 4 heteroatoms. The van der Waals surface area contributed by atoms with Gasteiger partial charge in [0.1, 0.15) is 0 Å². The summed E-state index contributed by atoms with van der Waals surface area (Å²) in [7, 11) is 2.80. The van der Waals surface area contributed by atoms with Gasteiger partial charge in [-0.15, -0.1) is 0 Å². The van der Waals surface area contributed by atoms with E-state index >= 15 is 0 Å². The monoisotopic (exact) mass is 182 g/mol. The first-order chi connectivity index (χ1) is 6.24. The van der Waals surface area contributed by atoms with E-state index in [9.17, 15) is 9.90 Å². The molecule has 0 saturated heterocycles. The highest BCUT2D eigenvalue weighted by atomic mass is 16.5. The molecule has 0 heterocycles. The molecule has 13 heavy (non-hydrogen) atoms. The van der Waals surface area contributed by atoms with Crippen molar-refractivity contribution in [3.8, 4) is 17.2 Å². The Morgan fingerprint density at radius 3 is 2.46 bits per heavy atom. The first-order valence-electron chi connectivity index (χ1n) is 3.63. The van der Waals surface area contributed by atoms with Crippen molar-refractivity contribution in [2.45, 2.75) is 0 Å². The zero-order chi connectivity index (χ0) is 9.84. The molecule has 1 N–H and O–H groups in total. The van der Waals surface area contributed by atoms with Gasteiger partial charge < -0.3 is 14.6 Å². The van der Waals surface area contributed by atoms with Crippen LogP contribution in [0.3, 0.4) is 0 Å². The molecule has 70 valence electrons. The Balaban J connectivity index is 3.31. The molecule has 0 aliphatic heterocycles. The van der Waals surface area contributed by atoms with Gasteiger partial charge in [-0.2, -0.15) is 0 Å². The van der Waals surface area contributed by atoms with E-state index in [4.69, 9.17) is 9.47 Å². The molecule has 0 saturated carbocycles. The van der Waals surface area contributed by atoms with E-state index in [2.05, 4.69) is 0 Å². The maximum absolute atomic E-state index is 10.5. The van der Waals surface area contributed by atoms with Gasteiger partial charge in [0.25, 0.3) is 0 Å². The lowest BCUT2D eigenvalue weighted by atomic mass is 10.2. The number of ether oxygens (including phenoxy) is 2. The topological polar surface area (TPSA) is 55.8 Å². The second kappa shape index (κ2) is 3.80. The lowest BCUT2D eigenvalue weighted by molar-refractivity contribution is 0.112. The molecule has 0 aliphatic rings. The average Bonchev–Trinajstić information content (AvgIpc) is 2.17. The van der Waals surface area contributed by atoms with E-state index in [0.717, 1.165) is 0 Å². The molecular formula is C9H10O4. The number of aldehydes is 1. The lowest BCUT2D eigenvalue weighted by Crippen LogP contribution is -1.93. The summed E-state index contributed by atoms with van der Waals surface area (Å²) in [6.45, 7) is 0. The molecule has 0 aromatic heterocycles. The van der Waals surface area contributed by atoms with Crippen LogP contribution in [0.2, 0.25) is 0 Å². The highest BCUT2D eigenvalue weighted by Crippen LogP contribution is 2.37. The molecule has 0 spiro atoms. The molecule has 1 rings (SSSR count). The minimum absolute atomic E-state index is 0.134. The van der Waals surface area contributed by atoms with Crippen LogP contribution in [0.4, 0.5) is 0 Å². The number of carbonyl (C=O) groups excluding carboxylic acids is 1. The molecule has 0 radical (unpaired) electrons. The third-order valence-electron chi connectivity index (χ3n) is 1.68. The molecule has 0 amide bonds. The standard InChI is InChI=1S/C9H10O4/c1-12-7-4-3-6(5-10)9(13-2)8(7)11/h3-5,11H,1-2H3. The summed E-state index contributed by atoms with van der Waals surface area (Å²) in [6.07, 6.45) is 0.609. The van der Waals surface area contributed by atoms with E-state index in [1.807, 2.05) is 0 Å². The van der Waals surface area contributed by atoms with Crippen molar-refractivity contribution in [1.82, 2.24) is 0 Å². The van der Waals surface area contributed by atoms with E-state index in [-0.39, 0.29) is 17.2 Å². The Hall–Kier alpha value is -1.71. The quantitative estimate of drug-likeness (QED) is 0.714. The Morgan fingerprint density at radius 1 is 1.31 bits per heavy atom. The predicted octanol–water partition coefficient (Wildman–Crippen LogP) is 1.22. The van der Waals surface area contributed by atoms with Crippen LogP contribution in [0.1, 0.15) is 10.4 Å². The number of phenolic OH excluding ortho intramolecular Hbond substituents is 1. The minimum Gasteiger partial charge on any atom is -0.502 e. The zero-order valence-corrected chi connectivity index (χ0v) is 7.40. The van der Waals surface area contributed by atoms with Crippen molar-refractivity contribution in [2.24, 2.45) is 0 Å². The van der Waals surface area contributed by atoms with Crippen molar-refractivity contribution >= 4 is 6.29 Å². The van der Waals surface area contributed by atoms with E-state index in [1.54, 1.807) is 0 Å². The van der Waals surface area contributed by atoms with Gasteiger partial charge in [0, 0.05) is 0 Å². The number of carbonyl (C=O) groups is 1. The Labute approximate surface area is 75.7 Å². The molecule has 1 aromatic carbocycles. The second-order valence-corrected chi connectivity index (χ2v) is 2.36. The fraction of sp³-hybridized carbons (Fsp3) is 0.222. The van der Waals surface area contributed by atoms with Crippen LogP contribution in [0.5, 0.6) is 17.2 Å². The Bertz CT molecular complexity index is 320. The van der Waals surface area contributed by atoms with Gasteiger partial charge >= 0.3 is 0 Å². The summed E-state index contributed by atoms with van der Waals surface area (Å²) >= 11 is 0. The Kier molecular flexibility index (Phi) is 2.74. The van der Waals surface area contributed by atoms with Crippen molar-refractivity contribution in [2.75, 3.05) is 14.2 Å². The van der Waals surface area contributed by atoms with Crippen LogP contribution in [-0.2, 0) is 0 Å². The van der Waals surface area contributed by atoms with Gasteiger partial charge in [-0.3, -0.25) is 4.79 Å². The number of hydrogen-bond acceptors (Lipinski definition) is 4. The van der Waals surface area contributed by atoms with Crippen LogP contribution in [0.15, 0.2) is 12.1 Å². The van der Waals surface area contributed by atoms with Crippen LogP contribution in [-0.4, -0.2) is 25.6 Å². The van der Waals surface area contributed by atoms with Gasteiger partial charge in [-0.1, -0.05) is 0 Å². The molecule has 0 aliphatic carbocycles. The summed E-state index contributed by atoms with van der Waals surface area (Å²) in [6, 6.07) is 3.02. The van der Waals surface area contributed by atoms with E-state index in [1.165, 1.54) is 26.4 Å². The highest BCUT2D eigenvalue weighted by molar-refractivity contribution is 5.82. The average molecular weight is 182 g/mol. The number of aromatic hydroxyl groups is 1. The minimum atomic E-state index is -0.158. The van der Waals surface area contributed by atoms with Gasteiger partial charge in [0.05, 0.1) is 19.8 Å². The highest BCUT2D eigenvalue weighted by Gasteiger charge is 2.12. The lowest BCUT2D eigenvalue weighted by Gasteiger charge is -2.09. The number of rotatable bonds is 3. The maximum Gasteiger partial charge on any atom is 0.201 e. The van der Waals surface area contributed by atoms with Crippen LogP contribution < -0.4 is 9.47 Å². The summed E-state index contributed by atoms with van der Waals surface area (Å²) in [5, 5.41) is 9.49. The summed E-state index contributed by atoms with van der Waals surface area (Å²) in [4.78, 5) is 10.5. The summed E-state index contributed by atoms with van der Waals surface area (Å²) in [5.41, 5.74) is 0.292. The second-order valence-electron chi connectivity index (χ2n) is 2.36. The fourth-order valence-corrected chi connectivity index (χ4v) is 1.04. The van der Waals surface area contributed by atoms with Gasteiger partial charge in [0.15, 0.2) is 17.8 Å². The first kappa shape index (κ1) is 9.38. The van der Waals surface area contributed by atoms with Gasteiger partial charge in [0.2, 0.25) is 5.75 Å².